The number of morpholine rings is 1. The number of aromatic amines is 1. The Hall–Kier alpha value is -1.44. The van der Waals surface area contributed by atoms with E-state index in [1.54, 1.807) is 0 Å². The third-order valence-corrected chi connectivity index (χ3v) is 5.13. The lowest BCUT2D eigenvalue weighted by molar-refractivity contribution is -0.150. The van der Waals surface area contributed by atoms with Crippen molar-refractivity contribution in [3.05, 3.63) is 17.7 Å². The minimum absolute atomic E-state index is 0.127. The summed E-state index contributed by atoms with van der Waals surface area (Å²) in [5.74, 6) is 0.764. The van der Waals surface area contributed by atoms with E-state index in [4.69, 9.17) is 10.5 Å². The first-order valence-corrected chi connectivity index (χ1v) is 8.38. The molecule has 2 fully saturated rings. The smallest absolute Gasteiger partial charge is 0.234 e. The number of H-pyrrole nitrogens is 1. The Morgan fingerprint density at radius 2 is 2.22 bits per heavy atom. The van der Waals surface area contributed by atoms with Crippen molar-refractivity contribution < 1.29 is 9.53 Å². The number of nitrogens with zero attached hydrogens (tertiary/aromatic N) is 3. The average molecular weight is 321 g/mol. The monoisotopic (exact) mass is 321 g/mol. The molecule has 3 heterocycles. The van der Waals surface area contributed by atoms with Crippen LogP contribution >= 0.6 is 0 Å². The first kappa shape index (κ1) is 16.4. The Kier molecular flexibility index (Phi) is 4.70. The normalized spacial score (nSPS) is 23.9. The summed E-state index contributed by atoms with van der Waals surface area (Å²) in [5, 5.41) is 0. The molecule has 2 saturated heterocycles. The van der Waals surface area contributed by atoms with Crippen molar-refractivity contribution in [1.29, 1.82) is 0 Å². The highest BCUT2D eigenvalue weighted by Crippen LogP contribution is 2.31. The lowest BCUT2D eigenvalue weighted by Gasteiger charge is -2.48. The molecule has 1 amide bonds. The van der Waals surface area contributed by atoms with Gasteiger partial charge in [-0.15, -0.1) is 0 Å². The topological polar surface area (TPSA) is 87.5 Å². The number of nitrogens with two attached hydrogens (primary N) is 1. The molecule has 0 bridgehead atoms. The molecule has 1 aromatic rings. The summed E-state index contributed by atoms with van der Waals surface area (Å²) in [6.45, 7) is 8.98. The van der Waals surface area contributed by atoms with Crippen LogP contribution in [-0.4, -0.2) is 70.1 Å². The van der Waals surface area contributed by atoms with E-state index in [0.29, 0.717) is 6.61 Å². The molecule has 0 aliphatic carbocycles. The summed E-state index contributed by atoms with van der Waals surface area (Å²) in [6, 6.07) is -0.222. The zero-order valence-electron chi connectivity index (χ0n) is 14.0. The van der Waals surface area contributed by atoms with Gasteiger partial charge in [-0.3, -0.25) is 14.6 Å². The van der Waals surface area contributed by atoms with E-state index in [1.165, 1.54) is 0 Å². The third kappa shape index (κ3) is 3.73. The lowest BCUT2D eigenvalue weighted by atomic mass is 9.88. The SMILES string of the molecule is Cc1cnc(CN2CCC3(CC2)CN(C(C)C(N)=O)CCO3)[nH]1. The van der Waals surface area contributed by atoms with E-state index in [2.05, 4.69) is 19.8 Å². The summed E-state index contributed by atoms with van der Waals surface area (Å²) in [7, 11) is 0. The van der Waals surface area contributed by atoms with Crippen molar-refractivity contribution in [2.24, 2.45) is 5.73 Å². The lowest BCUT2D eigenvalue weighted by Crippen LogP contribution is -2.60. The summed E-state index contributed by atoms with van der Waals surface area (Å²) >= 11 is 0. The van der Waals surface area contributed by atoms with E-state index in [0.717, 1.165) is 57.1 Å². The Balaban J connectivity index is 1.55. The van der Waals surface area contributed by atoms with Gasteiger partial charge in [0.1, 0.15) is 5.82 Å². The number of aryl methyl sites for hydroxylation is 1. The average Bonchev–Trinajstić information content (AvgIpc) is 2.94. The fraction of sp³-hybridized carbons (Fsp3) is 0.750. The quantitative estimate of drug-likeness (QED) is 0.830. The Morgan fingerprint density at radius 1 is 1.48 bits per heavy atom. The predicted octanol–water partition coefficient (Wildman–Crippen LogP) is 0.259. The molecule has 3 N–H and O–H groups in total. The number of amides is 1. The van der Waals surface area contributed by atoms with Crippen molar-refractivity contribution in [2.45, 2.75) is 44.9 Å². The molecule has 0 radical (unpaired) electrons. The largest absolute Gasteiger partial charge is 0.372 e. The molecule has 128 valence electrons. The van der Waals surface area contributed by atoms with Crippen LogP contribution in [0, 0.1) is 6.92 Å². The molecule has 23 heavy (non-hydrogen) atoms. The molecule has 2 aliphatic rings. The van der Waals surface area contributed by atoms with Crippen molar-refractivity contribution in [1.82, 2.24) is 19.8 Å². The van der Waals surface area contributed by atoms with Gasteiger partial charge in [0, 0.05) is 38.1 Å². The number of hydrogen-bond acceptors (Lipinski definition) is 5. The highest BCUT2D eigenvalue weighted by Gasteiger charge is 2.41. The number of nitrogens with one attached hydrogen (secondary N) is 1. The van der Waals surface area contributed by atoms with Crippen LogP contribution in [0.5, 0.6) is 0 Å². The van der Waals surface area contributed by atoms with Gasteiger partial charge in [0.05, 0.1) is 24.8 Å². The molecule has 1 unspecified atom stereocenters. The number of carbonyl (C=O) groups excluding carboxylic acids is 1. The zero-order valence-corrected chi connectivity index (χ0v) is 14.0. The van der Waals surface area contributed by atoms with Crippen molar-refractivity contribution in [3.8, 4) is 0 Å². The second-order valence-corrected chi connectivity index (χ2v) is 6.87. The number of rotatable bonds is 4. The van der Waals surface area contributed by atoms with Crippen LogP contribution in [0.3, 0.4) is 0 Å². The van der Waals surface area contributed by atoms with Crippen LogP contribution < -0.4 is 5.73 Å². The molecular formula is C16H27N5O2. The van der Waals surface area contributed by atoms with Gasteiger partial charge < -0.3 is 15.5 Å². The molecule has 1 atom stereocenters. The van der Waals surface area contributed by atoms with Crippen molar-refractivity contribution >= 4 is 5.91 Å². The standard InChI is InChI=1S/C16H27N5O2/c1-12-9-18-14(19-12)10-20-5-3-16(4-6-20)11-21(7-8-23-16)13(2)15(17)22/h9,13H,3-8,10-11H2,1-2H3,(H2,17,22)(H,18,19). The number of hydrogen-bond donors (Lipinski definition) is 2. The fourth-order valence-electron chi connectivity index (χ4n) is 3.56. The van der Waals surface area contributed by atoms with E-state index < -0.39 is 0 Å². The first-order chi connectivity index (χ1) is 11.0. The number of aromatic nitrogens is 2. The molecule has 2 aliphatic heterocycles. The second-order valence-electron chi connectivity index (χ2n) is 6.87. The first-order valence-electron chi connectivity index (χ1n) is 8.38. The van der Waals surface area contributed by atoms with Gasteiger partial charge in [0.15, 0.2) is 0 Å². The number of likely N-dealkylation sites (tertiary alicyclic amines) is 1. The molecule has 7 heteroatoms. The van der Waals surface area contributed by atoms with E-state index in [-0.39, 0.29) is 17.6 Å². The van der Waals surface area contributed by atoms with Crippen molar-refractivity contribution in [3.63, 3.8) is 0 Å². The van der Waals surface area contributed by atoms with Gasteiger partial charge in [0.25, 0.3) is 0 Å². The molecule has 0 aromatic carbocycles. The molecule has 1 spiro atoms. The minimum Gasteiger partial charge on any atom is -0.372 e. The number of imidazole rings is 1. The fourth-order valence-corrected chi connectivity index (χ4v) is 3.56. The van der Waals surface area contributed by atoms with Gasteiger partial charge in [0.2, 0.25) is 5.91 Å². The van der Waals surface area contributed by atoms with E-state index in [1.807, 2.05) is 20.0 Å². The van der Waals surface area contributed by atoms with Crippen LogP contribution in [0.25, 0.3) is 0 Å². The molecule has 0 saturated carbocycles. The van der Waals surface area contributed by atoms with Gasteiger partial charge in [-0.05, 0) is 26.7 Å². The maximum atomic E-state index is 11.4. The highest BCUT2D eigenvalue weighted by atomic mass is 16.5. The summed E-state index contributed by atoms with van der Waals surface area (Å²) in [4.78, 5) is 23.7. The number of piperidine rings is 1. The zero-order chi connectivity index (χ0) is 16.4. The third-order valence-electron chi connectivity index (χ3n) is 5.13. The van der Waals surface area contributed by atoms with Crippen LogP contribution in [0.4, 0.5) is 0 Å². The van der Waals surface area contributed by atoms with Gasteiger partial charge in [-0.1, -0.05) is 0 Å². The minimum atomic E-state index is -0.257. The molecular weight excluding hydrogens is 294 g/mol. The summed E-state index contributed by atoms with van der Waals surface area (Å²) < 4.78 is 6.13. The van der Waals surface area contributed by atoms with Crippen molar-refractivity contribution in [2.75, 3.05) is 32.8 Å². The maximum absolute atomic E-state index is 11.4. The Bertz CT molecular complexity index is 550. The van der Waals surface area contributed by atoms with E-state index >= 15 is 0 Å². The highest BCUT2D eigenvalue weighted by molar-refractivity contribution is 5.79. The van der Waals surface area contributed by atoms with E-state index in [9.17, 15) is 4.79 Å². The van der Waals surface area contributed by atoms with Gasteiger partial charge >= 0.3 is 0 Å². The molecule has 7 nitrogen and oxygen atoms in total. The maximum Gasteiger partial charge on any atom is 0.234 e. The predicted molar refractivity (Wildman–Crippen MR) is 86.7 cm³/mol. The Labute approximate surface area is 137 Å². The number of ether oxygens (including phenoxy) is 1. The van der Waals surface area contributed by atoms with Crippen LogP contribution in [0.2, 0.25) is 0 Å². The van der Waals surface area contributed by atoms with Crippen LogP contribution in [0.15, 0.2) is 6.20 Å². The number of carbonyl (C=O) groups is 1. The summed E-state index contributed by atoms with van der Waals surface area (Å²) in [6.07, 6.45) is 3.83. The Morgan fingerprint density at radius 3 is 2.83 bits per heavy atom. The number of primary amides is 1. The van der Waals surface area contributed by atoms with Crippen LogP contribution in [0.1, 0.15) is 31.3 Å². The second kappa shape index (κ2) is 6.59. The molecule has 1 aromatic heterocycles. The summed E-state index contributed by atoms with van der Waals surface area (Å²) in [5.41, 5.74) is 6.42. The van der Waals surface area contributed by atoms with Gasteiger partial charge in [-0.2, -0.15) is 0 Å². The van der Waals surface area contributed by atoms with Gasteiger partial charge in [-0.25, -0.2) is 4.98 Å². The van der Waals surface area contributed by atoms with Crippen LogP contribution in [-0.2, 0) is 16.1 Å². The molecule has 3 rings (SSSR count).